The number of aromatic nitrogens is 2. The summed E-state index contributed by atoms with van der Waals surface area (Å²) in [5.41, 5.74) is 4.75. The number of nitrogens with one attached hydrogen (secondary N) is 2. The Morgan fingerprint density at radius 1 is 1.23 bits per heavy atom. The van der Waals surface area contributed by atoms with Crippen LogP contribution in [0, 0.1) is 5.92 Å². The fraction of sp³-hybridized carbons (Fsp3) is 0.368. The van der Waals surface area contributed by atoms with Gasteiger partial charge in [0.15, 0.2) is 5.69 Å². The molecule has 2 N–H and O–H groups in total. The number of benzene rings is 1. The number of carbonyl (C=O) groups is 2. The van der Waals surface area contributed by atoms with Crippen molar-refractivity contribution in [3.05, 3.63) is 52.5 Å². The van der Waals surface area contributed by atoms with Crippen LogP contribution in [0.2, 0.25) is 0 Å². The highest BCUT2D eigenvalue weighted by molar-refractivity contribution is 6.05. The maximum atomic E-state index is 12.6. The molecule has 0 saturated heterocycles. The Balaban J connectivity index is 1.78. The minimum atomic E-state index is -0.540. The van der Waals surface area contributed by atoms with Gasteiger partial charge >= 0.3 is 0 Å². The van der Waals surface area contributed by atoms with Crippen molar-refractivity contribution in [2.45, 2.75) is 39.2 Å². The summed E-state index contributed by atoms with van der Waals surface area (Å²) in [6, 6.07) is 6.85. The number of allylic oxidation sites excluding steroid dienone is 2. The van der Waals surface area contributed by atoms with Gasteiger partial charge in [-0.05, 0) is 31.2 Å². The standard InChI is InChI=1S/C19H22N4O3/c1-2-11-23-19(26)15-10-6-5-9-14(15)17(22-23)18(25)21-20-16(24)12-13-7-3-4-8-13/h3,5-7,9-10,13H,2,4,8,11-12H2,1H3,(H,20,24)(H,21,25)/t13-/m1/s1. The lowest BCUT2D eigenvalue weighted by Gasteiger charge is -2.12. The van der Waals surface area contributed by atoms with E-state index in [0.29, 0.717) is 23.7 Å². The van der Waals surface area contributed by atoms with Crippen LogP contribution in [0.3, 0.4) is 0 Å². The van der Waals surface area contributed by atoms with Gasteiger partial charge in [-0.25, -0.2) is 4.68 Å². The highest BCUT2D eigenvalue weighted by Crippen LogP contribution is 2.19. The van der Waals surface area contributed by atoms with Crippen molar-refractivity contribution in [3.8, 4) is 0 Å². The highest BCUT2D eigenvalue weighted by atomic mass is 16.2. The van der Waals surface area contributed by atoms with E-state index < -0.39 is 5.91 Å². The van der Waals surface area contributed by atoms with Crippen molar-refractivity contribution in [2.75, 3.05) is 0 Å². The van der Waals surface area contributed by atoms with E-state index in [1.165, 1.54) is 4.68 Å². The summed E-state index contributed by atoms with van der Waals surface area (Å²) in [6.07, 6.45) is 7.08. The zero-order chi connectivity index (χ0) is 18.5. The Kier molecular flexibility index (Phi) is 5.46. The molecule has 7 heteroatoms. The molecule has 1 aliphatic rings. The summed E-state index contributed by atoms with van der Waals surface area (Å²) in [6.45, 7) is 2.35. The van der Waals surface area contributed by atoms with Gasteiger partial charge < -0.3 is 0 Å². The van der Waals surface area contributed by atoms with Gasteiger partial charge in [-0.3, -0.25) is 25.2 Å². The molecular formula is C19H22N4O3. The molecule has 1 aromatic heterocycles. The molecule has 2 aromatic rings. The van der Waals surface area contributed by atoms with Crippen LogP contribution in [0.15, 0.2) is 41.2 Å². The first-order chi connectivity index (χ1) is 12.6. The SMILES string of the molecule is CCCn1nc(C(=O)NNC(=O)C[C@@H]2C=CCC2)c2ccccc2c1=O. The van der Waals surface area contributed by atoms with Gasteiger partial charge in [0.25, 0.3) is 11.5 Å². The van der Waals surface area contributed by atoms with Crippen molar-refractivity contribution in [2.24, 2.45) is 5.92 Å². The molecule has 0 fully saturated rings. The van der Waals surface area contributed by atoms with E-state index in [9.17, 15) is 14.4 Å². The molecule has 0 bridgehead atoms. The van der Waals surface area contributed by atoms with E-state index in [-0.39, 0.29) is 23.1 Å². The number of rotatable bonds is 5. The summed E-state index contributed by atoms with van der Waals surface area (Å²) >= 11 is 0. The van der Waals surface area contributed by atoms with E-state index in [1.54, 1.807) is 24.3 Å². The van der Waals surface area contributed by atoms with Crippen LogP contribution in [-0.2, 0) is 11.3 Å². The van der Waals surface area contributed by atoms with Crippen LogP contribution in [0.5, 0.6) is 0 Å². The molecule has 1 heterocycles. The van der Waals surface area contributed by atoms with E-state index >= 15 is 0 Å². The smallest absolute Gasteiger partial charge is 0.273 e. The van der Waals surface area contributed by atoms with Crippen molar-refractivity contribution < 1.29 is 9.59 Å². The second-order valence-corrected chi connectivity index (χ2v) is 6.39. The number of fused-ring (bicyclic) bond motifs is 1. The van der Waals surface area contributed by atoms with Crippen LogP contribution < -0.4 is 16.4 Å². The average molecular weight is 354 g/mol. The van der Waals surface area contributed by atoms with Crippen LogP contribution in [-0.4, -0.2) is 21.6 Å². The molecule has 1 aliphatic carbocycles. The second kappa shape index (κ2) is 7.95. The minimum Gasteiger partial charge on any atom is -0.273 e. The number of hydrazine groups is 1. The molecular weight excluding hydrogens is 332 g/mol. The first-order valence-corrected chi connectivity index (χ1v) is 8.86. The lowest BCUT2D eigenvalue weighted by Crippen LogP contribution is -2.43. The quantitative estimate of drug-likeness (QED) is 0.634. The molecule has 2 amide bonds. The molecule has 0 unspecified atom stereocenters. The zero-order valence-electron chi connectivity index (χ0n) is 14.7. The second-order valence-electron chi connectivity index (χ2n) is 6.39. The van der Waals surface area contributed by atoms with Crippen molar-refractivity contribution >= 4 is 22.6 Å². The van der Waals surface area contributed by atoms with Crippen LogP contribution >= 0.6 is 0 Å². The molecule has 0 spiro atoms. The van der Waals surface area contributed by atoms with Gasteiger partial charge in [-0.1, -0.05) is 37.3 Å². The normalized spacial score (nSPS) is 16.0. The number of nitrogens with zero attached hydrogens (tertiary/aromatic N) is 2. The Labute approximate surface area is 151 Å². The predicted octanol–water partition coefficient (Wildman–Crippen LogP) is 1.92. The van der Waals surface area contributed by atoms with Crippen LogP contribution in [0.4, 0.5) is 0 Å². The molecule has 0 saturated carbocycles. The zero-order valence-corrected chi connectivity index (χ0v) is 14.7. The third-order valence-corrected chi connectivity index (χ3v) is 4.39. The Morgan fingerprint density at radius 2 is 2.00 bits per heavy atom. The van der Waals surface area contributed by atoms with Gasteiger partial charge in [0, 0.05) is 18.4 Å². The molecule has 136 valence electrons. The Hall–Kier alpha value is -2.96. The molecule has 1 atom stereocenters. The topological polar surface area (TPSA) is 93.1 Å². The van der Waals surface area contributed by atoms with Gasteiger partial charge in [-0.15, -0.1) is 0 Å². The molecule has 0 aliphatic heterocycles. The van der Waals surface area contributed by atoms with Gasteiger partial charge in [0.1, 0.15) is 0 Å². The third kappa shape index (κ3) is 3.82. The largest absolute Gasteiger partial charge is 0.290 e. The number of aryl methyl sites for hydroxylation is 1. The van der Waals surface area contributed by atoms with E-state index in [0.717, 1.165) is 19.3 Å². The molecule has 26 heavy (non-hydrogen) atoms. The summed E-state index contributed by atoms with van der Waals surface area (Å²) < 4.78 is 1.29. The fourth-order valence-corrected chi connectivity index (χ4v) is 3.11. The maximum Gasteiger partial charge on any atom is 0.290 e. The number of carbonyl (C=O) groups excluding carboxylic acids is 2. The Morgan fingerprint density at radius 3 is 2.69 bits per heavy atom. The highest BCUT2D eigenvalue weighted by Gasteiger charge is 2.18. The molecule has 7 nitrogen and oxygen atoms in total. The van der Waals surface area contributed by atoms with Crippen LogP contribution in [0.1, 0.15) is 43.1 Å². The molecule has 0 radical (unpaired) electrons. The monoisotopic (exact) mass is 354 g/mol. The fourth-order valence-electron chi connectivity index (χ4n) is 3.11. The first-order valence-electron chi connectivity index (χ1n) is 8.86. The maximum absolute atomic E-state index is 12.6. The predicted molar refractivity (Wildman–Crippen MR) is 98.4 cm³/mol. The average Bonchev–Trinajstić information content (AvgIpc) is 3.15. The molecule has 1 aromatic carbocycles. The number of hydrogen-bond donors (Lipinski definition) is 2. The summed E-state index contributed by atoms with van der Waals surface area (Å²) in [5.74, 6) is -0.570. The van der Waals surface area contributed by atoms with Crippen LogP contribution in [0.25, 0.3) is 10.8 Å². The third-order valence-electron chi connectivity index (χ3n) is 4.39. The van der Waals surface area contributed by atoms with Gasteiger partial charge in [-0.2, -0.15) is 5.10 Å². The van der Waals surface area contributed by atoms with E-state index in [1.807, 2.05) is 13.0 Å². The summed E-state index contributed by atoms with van der Waals surface area (Å²) in [5, 5.41) is 5.10. The van der Waals surface area contributed by atoms with Gasteiger partial charge in [0.2, 0.25) is 5.91 Å². The van der Waals surface area contributed by atoms with Gasteiger partial charge in [0.05, 0.1) is 5.39 Å². The lowest BCUT2D eigenvalue weighted by atomic mass is 10.1. The van der Waals surface area contributed by atoms with Crippen molar-refractivity contribution in [3.63, 3.8) is 0 Å². The van der Waals surface area contributed by atoms with Crippen molar-refractivity contribution in [1.29, 1.82) is 0 Å². The van der Waals surface area contributed by atoms with E-state index in [2.05, 4.69) is 22.0 Å². The molecule has 3 rings (SSSR count). The minimum absolute atomic E-state index is 0.120. The number of hydrogen-bond acceptors (Lipinski definition) is 4. The lowest BCUT2D eigenvalue weighted by molar-refractivity contribution is -0.122. The summed E-state index contributed by atoms with van der Waals surface area (Å²) in [4.78, 5) is 37.0. The Bertz CT molecular complexity index is 917. The van der Waals surface area contributed by atoms with Crippen molar-refractivity contribution in [1.82, 2.24) is 20.6 Å². The summed E-state index contributed by atoms with van der Waals surface area (Å²) in [7, 11) is 0. The number of amides is 2. The first kappa shape index (κ1) is 17.8. The van der Waals surface area contributed by atoms with E-state index in [4.69, 9.17) is 0 Å².